The minimum absolute atomic E-state index is 0.0501. The molecule has 1 aliphatic rings. The number of ketones is 2. The van der Waals surface area contributed by atoms with Gasteiger partial charge in [0, 0.05) is 38.2 Å². The second-order valence-electron chi connectivity index (χ2n) is 8.44. The summed E-state index contributed by atoms with van der Waals surface area (Å²) in [7, 11) is 1.89. The average molecular weight is 409 g/mol. The van der Waals surface area contributed by atoms with E-state index in [1.165, 1.54) is 11.1 Å². The number of carbonyl (C=O) groups excluding carboxylic acids is 2. The highest BCUT2D eigenvalue weighted by molar-refractivity contribution is 5.96. The van der Waals surface area contributed by atoms with Crippen molar-refractivity contribution in [2.75, 3.05) is 26.7 Å². The maximum absolute atomic E-state index is 12.6. The van der Waals surface area contributed by atoms with E-state index in [9.17, 15) is 14.7 Å². The summed E-state index contributed by atoms with van der Waals surface area (Å²) in [4.78, 5) is 28.1. The van der Waals surface area contributed by atoms with E-state index in [0.29, 0.717) is 38.0 Å². The minimum Gasteiger partial charge on any atom is -0.392 e. The van der Waals surface area contributed by atoms with Crippen molar-refractivity contribution >= 4 is 11.6 Å². The van der Waals surface area contributed by atoms with E-state index in [4.69, 9.17) is 0 Å². The summed E-state index contributed by atoms with van der Waals surface area (Å²) in [5, 5.41) is 10.5. The number of nitrogens with zero attached hydrogens (tertiary/aromatic N) is 2. The Labute approximate surface area is 179 Å². The third-order valence-corrected chi connectivity index (χ3v) is 5.58. The number of rotatable bonds is 10. The molecule has 0 radical (unpaired) electrons. The fourth-order valence-corrected chi connectivity index (χ4v) is 4.13. The van der Waals surface area contributed by atoms with Gasteiger partial charge in [0.05, 0.1) is 12.6 Å². The lowest BCUT2D eigenvalue weighted by atomic mass is 9.99. The molecule has 0 spiro atoms. The summed E-state index contributed by atoms with van der Waals surface area (Å²) in [5.41, 5.74) is 4.41. The predicted octanol–water partition coefficient (Wildman–Crippen LogP) is 3.09. The topological polar surface area (TPSA) is 60.9 Å². The number of aliphatic hydroxyl groups is 1. The zero-order valence-corrected chi connectivity index (χ0v) is 18.0. The van der Waals surface area contributed by atoms with Gasteiger partial charge in [0.25, 0.3) is 0 Å². The van der Waals surface area contributed by atoms with Crippen LogP contribution >= 0.6 is 0 Å². The maximum atomic E-state index is 12.6. The van der Waals surface area contributed by atoms with Crippen LogP contribution in [0, 0.1) is 0 Å². The zero-order valence-electron chi connectivity index (χ0n) is 18.0. The number of likely N-dealkylation sites (N-methyl/N-ethyl adjacent to an activating group) is 1. The Balaban J connectivity index is 1.47. The van der Waals surface area contributed by atoms with Crippen LogP contribution in [0.4, 0.5) is 0 Å². The molecule has 1 unspecified atom stereocenters. The molecule has 2 aromatic carbocycles. The van der Waals surface area contributed by atoms with Crippen LogP contribution in [0.1, 0.15) is 46.8 Å². The van der Waals surface area contributed by atoms with Gasteiger partial charge in [-0.3, -0.25) is 19.4 Å². The van der Waals surface area contributed by atoms with Gasteiger partial charge in [-0.05, 0) is 49.6 Å². The Morgan fingerprint density at radius 2 is 1.90 bits per heavy atom. The van der Waals surface area contributed by atoms with Crippen molar-refractivity contribution in [3.05, 3.63) is 70.8 Å². The highest BCUT2D eigenvalue weighted by atomic mass is 16.3. The van der Waals surface area contributed by atoms with Gasteiger partial charge in [0.1, 0.15) is 5.78 Å². The highest BCUT2D eigenvalue weighted by Crippen LogP contribution is 2.19. The van der Waals surface area contributed by atoms with Crippen LogP contribution in [0.15, 0.2) is 48.5 Å². The van der Waals surface area contributed by atoms with Gasteiger partial charge in [-0.2, -0.15) is 0 Å². The molecule has 1 aliphatic heterocycles. The molecular weight excluding hydrogens is 376 g/mol. The number of β-amino-alcohol motifs (C(OH)–C–C–N with tert-alkyl or cyclic N) is 1. The first kappa shape index (κ1) is 22.3. The van der Waals surface area contributed by atoms with Gasteiger partial charge in [-0.25, -0.2) is 0 Å². The molecule has 0 aromatic heterocycles. The van der Waals surface area contributed by atoms with Crippen LogP contribution in [0.3, 0.4) is 0 Å². The molecular formula is C25H32N2O3. The quantitative estimate of drug-likeness (QED) is 0.612. The van der Waals surface area contributed by atoms with Crippen molar-refractivity contribution in [1.29, 1.82) is 0 Å². The van der Waals surface area contributed by atoms with Crippen LogP contribution in [-0.4, -0.2) is 59.3 Å². The fourth-order valence-electron chi connectivity index (χ4n) is 4.13. The monoisotopic (exact) mass is 408 g/mol. The Kier molecular flexibility index (Phi) is 7.91. The standard InChI is InChI=1S/C25H32N2O3/c1-19(28)15-26(2)16-20-6-5-9-22(14-20)25(30)11-10-24(29)18-27-13-12-21-7-3-4-8-23(21)17-27/h3-9,14,24,29H,10-13,15-18H2,1-2H3. The molecule has 0 saturated carbocycles. The molecule has 3 rings (SSSR count). The first-order chi connectivity index (χ1) is 14.4. The van der Waals surface area contributed by atoms with Gasteiger partial charge in [0.15, 0.2) is 5.78 Å². The average Bonchev–Trinajstić information content (AvgIpc) is 2.71. The number of benzene rings is 2. The van der Waals surface area contributed by atoms with E-state index in [-0.39, 0.29) is 11.6 Å². The molecule has 0 fully saturated rings. The summed E-state index contributed by atoms with van der Waals surface area (Å²) in [6.45, 7) is 4.99. The predicted molar refractivity (Wildman–Crippen MR) is 118 cm³/mol. The Morgan fingerprint density at radius 3 is 2.67 bits per heavy atom. The minimum atomic E-state index is -0.510. The lowest BCUT2D eigenvalue weighted by Gasteiger charge is -2.30. The molecule has 1 atom stereocenters. The molecule has 5 heteroatoms. The van der Waals surface area contributed by atoms with Gasteiger partial charge in [-0.15, -0.1) is 0 Å². The first-order valence-electron chi connectivity index (χ1n) is 10.7. The molecule has 160 valence electrons. The van der Waals surface area contributed by atoms with E-state index in [2.05, 4.69) is 29.2 Å². The Hall–Kier alpha value is -2.34. The molecule has 2 aromatic rings. The number of fused-ring (bicyclic) bond motifs is 1. The molecule has 0 saturated heterocycles. The van der Waals surface area contributed by atoms with Crippen LogP contribution in [-0.2, 0) is 24.3 Å². The zero-order chi connectivity index (χ0) is 21.5. The third kappa shape index (κ3) is 6.59. The highest BCUT2D eigenvalue weighted by Gasteiger charge is 2.19. The molecule has 1 N–H and O–H groups in total. The summed E-state index contributed by atoms with van der Waals surface area (Å²) in [5.74, 6) is 0.171. The van der Waals surface area contributed by atoms with Crippen molar-refractivity contribution in [3.8, 4) is 0 Å². The first-order valence-corrected chi connectivity index (χ1v) is 10.7. The lowest BCUT2D eigenvalue weighted by Crippen LogP contribution is -2.36. The van der Waals surface area contributed by atoms with E-state index in [1.807, 2.05) is 36.2 Å². The normalized spacial score (nSPS) is 15.1. The van der Waals surface area contributed by atoms with Crippen molar-refractivity contribution in [2.24, 2.45) is 0 Å². The van der Waals surface area contributed by atoms with Gasteiger partial charge in [0.2, 0.25) is 0 Å². The van der Waals surface area contributed by atoms with E-state index in [1.54, 1.807) is 6.92 Å². The number of carbonyl (C=O) groups is 2. The van der Waals surface area contributed by atoms with Gasteiger partial charge < -0.3 is 5.11 Å². The summed E-state index contributed by atoms with van der Waals surface area (Å²) in [6.07, 6.45) is 1.29. The van der Waals surface area contributed by atoms with Crippen LogP contribution < -0.4 is 0 Å². The number of hydrogen-bond donors (Lipinski definition) is 1. The summed E-state index contributed by atoms with van der Waals surface area (Å²) >= 11 is 0. The van der Waals surface area contributed by atoms with Crippen molar-refractivity contribution in [3.63, 3.8) is 0 Å². The number of Topliss-reactive ketones (excluding diaryl/α,β-unsaturated/α-hetero) is 2. The fraction of sp³-hybridized carbons (Fsp3) is 0.440. The molecule has 1 heterocycles. The van der Waals surface area contributed by atoms with Crippen molar-refractivity contribution in [2.45, 2.75) is 45.4 Å². The summed E-state index contributed by atoms with van der Waals surface area (Å²) in [6, 6.07) is 16.0. The molecule has 30 heavy (non-hydrogen) atoms. The van der Waals surface area contributed by atoms with E-state index >= 15 is 0 Å². The molecule has 0 amide bonds. The van der Waals surface area contributed by atoms with Crippen molar-refractivity contribution < 1.29 is 14.7 Å². The van der Waals surface area contributed by atoms with Crippen LogP contribution in [0.2, 0.25) is 0 Å². The van der Waals surface area contributed by atoms with Crippen molar-refractivity contribution in [1.82, 2.24) is 9.80 Å². The van der Waals surface area contributed by atoms with Crippen LogP contribution in [0.5, 0.6) is 0 Å². The number of hydrogen-bond acceptors (Lipinski definition) is 5. The molecule has 5 nitrogen and oxygen atoms in total. The van der Waals surface area contributed by atoms with E-state index < -0.39 is 6.10 Å². The number of aliphatic hydroxyl groups excluding tert-OH is 1. The largest absolute Gasteiger partial charge is 0.392 e. The summed E-state index contributed by atoms with van der Waals surface area (Å²) < 4.78 is 0. The Bertz CT molecular complexity index is 880. The van der Waals surface area contributed by atoms with Gasteiger partial charge in [-0.1, -0.05) is 42.5 Å². The third-order valence-electron chi connectivity index (χ3n) is 5.58. The van der Waals surface area contributed by atoms with Gasteiger partial charge >= 0.3 is 0 Å². The second kappa shape index (κ2) is 10.6. The molecule has 0 aliphatic carbocycles. The smallest absolute Gasteiger partial charge is 0.162 e. The Morgan fingerprint density at radius 1 is 1.13 bits per heavy atom. The SMILES string of the molecule is CC(=O)CN(C)Cc1cccc(C(=O)CCC(O)CN2CCc3ccccc3C2)c1. The van der Waals surface area contributed by atoms with Crippen LogP contribution in [0.25, 0.3) is 0 Å². The maximum Gasteiger partial charge on any atom is 0.162 e. The molecule has 0 bridgehead atoms. The van der Waals surface area contributed by atoms with E-state index in [0.717, 1.165) is 25.1 Å². The lowest BCUT2D eigenvalue weighted by molar-refractivity contribution is -0.117. The second-order valence-corrected chi connectivity index (χ2v) is 8.44.